The lowest BCUT2D eigenvalue weighted by atomic mass is 9.99. The number of anilines is 1. The van der Waals surface area contributed by atoms with Gasteiger partial charge in [0.15, 0.2) is 5.13 Å². The monoisotopic (exact) mass is 399 g/mol. The van der Waals surface area contributed by atoms with Crippen molar-refractivity contribution in [3.05, 3.63) is 12.1 Å². The summed E-state index contributed by atoms with van der Waals surface area (Å²) in [5, 5.41) is 3.25. The van der Waals surface area contributed by atoms with Gasteiger partial charge in [0.1, 0.15) is 21.7 Å². The van der Waals surface area contributed by atoms with Crippen molar-refractivity contribution in [1.29, 1.82) is 0 Å². The third-order valence-electron chi connectivity index (χ3n) is 4.36. The molecule has 0 aliphatic carbocycles. The maximum atomic E-state index is 12.6. The standard InChI is InChI=1S/C16H21N3O5S2/c1-23-11-6-7-12(24-2)14-13(11)17-16(25-14)18-15(20)10-5-4-8-19(9-10)26(3,21)22/h6-7,10H,4-5,8-9H2,1-3H3,(H,17,18,20)/t10-/m1/s1. The number of fused-ring (bicyclic) bond motifs is 1. The number of amides is 1. The van der Waals surface area contributed by atoms with Crippen molar-refractivity contribution in [2.24, 2.45) is 5.92 Å². The molecule has 0 radical (unpaired) electrons. The molecule has 1 atom stereocenters. The first kappa shape index (κ1) is 18.9. The SMILES string of the molecule is COc1ccc(OC)c2sc(NC(=O)[C@@H]3CCCN(S(C)(=O)=O)C3)nc12. The fourth-order valence-corrected chi connectivity index (χ4v) is 4.89. The highest BCUT2D eigenvalue weighted by Gasteiger charge is 2.30. The molecule has 1 aliphatic rings. The van der Waals surface area contributed by atoms with Gasteiger partial charge >= 0.3 is 0 Å². The van der Waals surface area contributed by atoms with Crippen molar-refractivity contribution in [2.45, 2.75) is 12.8 Å². The zero-order valence-corrected chi connectivity index (χ0v) is 16.4. The van der Waals surface area contributed by atoms with Crippen LogP contribution in [0.4, 0.5) is 5.13 Å². The summed E-state index contributed by atoms with van der Waals surface area (Å²) < 4.78 is 36.2. The molecule has 1 N–H and O–H groups in total. The second-order valence-electron chi connectivity index (χ2n) is 6.12. The largest absolute Gasteiger partial charge is 0.495 e. The van der Waals surface area contributed by atoms with Crippen LogP contribution in [0.3, 0.4) is 0 Å². The minimum Gasteiger partial charge on any atom is -0.495 e. The van der Waals surface area contributed by atoms with E-state index in [0.717, 1.165) is 4.70 Å². The van der Waals surface area contributed by atoms with E-state index in [1.807, 2.05) is 0 Å². The van der Waals surface area contributed by atoms with Crippen LogP contribution in [-0.4, -0.2) is 57.2 Å². The number of nitrogens with zero attached hydrogens (tertiary/aromatic N) is 2. The highest BCUT2D eigenvalue weighted by Crippen LogP contribution is 2.39. The number of hydrogen-bond donors (Lipinski definition) is 1. The van der Waals surface area contributed by atoms with Crippen LogP contribution < -0.4 is 14.8 Å². The number of hydrogen-bond acceptors (Lipinski definition) is 7. The number of thiazole rings is 1. The van der Waals surface area contributed by atoms with Crippen LogP contribution in [0.15, 0.2) is 12.1 Å². The Labute approximate surface area is 156 Å². The Morgan fingerprint density at radius 2 is 2.00 bits per heavy atom. The minimum atomic E-state index is -3.30. The summed E-state index contributed by atoms with van der Waals surface area (Å²) in [6, 6.07) is 3.55. The van der Waals surface area contributed by atoms with Crippen LogP contribution >= 0.6 is 11.3 Å². The van der Waals surface area contributed by atoms with Gasteiger partial charge in [-0.05, 0) is 25.0 Å². The Kier molecular flexibility index (Phi) is 5.35. The number of ether oxygens (including phenoxy) is 2. The van der Waals surface area contributed by atoms with Crippen molar-refractivity contribution in [1.82, 2.24) is 9.29 Å². The molecule has 2 aromatic rings. The van der Waals surface area contributed by atoms with E-state index in [2.05, 4.69) is 10.3 Å². The molecule has 0 unspecified atom stereocenters. The molecular formula is C16H21N3O5S2. The molecule has 3 rings (SSSR count). The summed E-state index contributed by atoms with van der Waals surface area (Å²) in [5.41, 5.74) is 0.619. The van der Waals surface area contributed by atoms with Crippen LogP contribution in [-0.2, 0) is 14.8 Å². The first-order valence-corrected chi connectivity index (χ1v) is 10.8. The zero-order chi connectivity index (χ0) is 18.9. The smallest absolute Gasteiger partial charge is 0.230 e. The molecule has 0 spiro atoms. The first-order valence-electron chi connectivity index (χ1n) is 8.11. The molecule has 1 aliphatic heterocycles. The summed E-state index contributed by atoms with van der Waals surface area (Å²) in [7, 11) is -0.170. The van der Waals surface area contributed by atoms with Gasteiger partial charge in [-0.15, -0.1) is 0 Å². The van der Waals surface area contributed by atoms with E-state index >= 15 is 0 Å². The van der Waals surface area contributed by atoms with Crippen molar-refractivity contribution < 1.29 is 22.7 Å². The van der Waals surface area contributed by atoms with Crippen LogP contribution in [0.5, 0.6) is 11.5 Å². The molecule has 2 heterocycles. The van der Waals surface area contributed by atoms with E-state index in [1.54, 1.807) is 26.4 Å². The molecule has 1 aromatic carbocycles. The molecule has 1 fully saturated rings. The van der Waals surface area contributed by atoms with Gasteiger partial charge in [0.2, 0.25) is 15.9 Å². The van der Waals surface area contributed by atoms with Gasteiger partial charge in [0.25, 0.3) is 0 Å². The van der Waals surface area contributed by atoms with Crippen molar-refractivity contribution >= 4 is 42.6 Å². The van der Waals surface area contributed by atoms with Gasteiger partial charge in [0.05, 0.1) is 26.4 Å². The number of carbonyl (C=O) groups is 1. The van der Waals surface area contributed by atoms with Gasteiger partial charge in [0, 0.05) is 13.1 Å². The number of benzene rings is 1. The molecule has 0 bridgehead atoms. The molecule has 1 aromatic heterocycles. The Balaban J connectivity index is 1.81. The minimum absolute atomic E-state index is 0.197. The number of piperidine rings is 1. The maximum absolute atomic E-state index is 12.6. The summed E-state index contributed by atoms with van der Waals surface area (Å²) in [6.45, 7) is 0.653. The lowest BCUT2D eigenvalue weighted by Gasteiger charge is -2.29. The predicted octanol–water partition coefficient (Wildman–Crippen LogP) is 1.92. The van der Waals surface area contributed by atoms with E-state index in [0.29, 0.717) is 41.5 Å². The lowest BCUT2D eigenvalue weighted by Crippen LogP contribution is -2.43. The average Bonchev–Trinajstić information content (AvgIpc) is 3.03. The molecule has 142 valence electrons. The Morgan fingerprint density at radius 1 is 1.31 bits per heavy atom. The second-order valence-corrected chi connectivity index (χ2v) is 9.10. The van der Waals surface area contributed by atoms with Gasteiger partial charge in [-0.1, -0.05) is 11.3 Å². The van der Waals surface area contributed by atoms with Gasteiger partial charge in [-0.25, -0.2) is 17.7 Å². The van der Waals surface area contributed by atoms with Gasteiger partial charge in [-0.2, -0.15) is 0 Å². The molecule has 1 amide bonds. The normalized spacial score (nSPS) is 18.7. The highest BCUT2D eigenvalue weighted by molar-refractivity contribution is 7.88. The maximum Gasteiger partial charge on any atom is 0.230 e. The number of sulfonamides is 1. The summed E-state index contributed by atoms with van der Waals surface area (Å²) in [5.74, 6) is 0.628. The number of nitrogens with one attached hydrogen (secondary N) is 1. The number of rotatable bonds is 5. The van der Waals surface area contributed by atoms with E-state index in [-0.39, 0.29) is 12.5 Å². The molecular weight excluding hydrogens is 378 g/mol. The van der Waals surface area contributed by atoms with Crippen LogP contribution in [0, 0.1) is 5.92 Å². The van der Waals surface area contributed by atoms with Crippen molar-refractivity contribution in [3.63, 3.8) is 0 Å². The number of aromatic nitrogens is 1. The highest BCUT2D eigenvalue weighted by atomic mass is 32.2. The quantitative estimate of drug-likeness (QED) is 0.825. The number of carbonyl (C=O) groups excluding carboxylic acids is 1. The van der Waals surface area contributed by atoms with Gasteiger partial charge in [-0.3, -0.25) is 4.79 Å². The lowest BCUT2D eigenvalue weighted by molar-refractivity contribution is -0.120. The summed E-state index contributed by atoms with van der Waals surface area (Å²) in [6.07, 6.45) is 2.47. The molecule has 0 saturated carbocycles. The second kappa shape index (κ2) is 7.37. The Bertz CT molecular complexity index is 884. The zero-order valence-electron chi connectivity index (χ0n) is 14.8. The summed E-state index contributed by atoms with van der Waals surface area (Å²) in [4.78, 5) is 17.0. The van der Waals surface area contributed by atoms with E-state index < -0.39 is 15.9 Å². The molecule has 1 saturated heterocycles. The predicted molar refractivity (Wildman–Crippen MR) is 100 cm³/mol. The summed E-state index contributed by atoms with van der Waals surface area (Å²) >= 11 is 1.30. The van der Waals surface area contributed by atoms with E-state index in [9.17, 15) is 13.2 Å². The Morgan fingerprint density at radius 3 is 2.65 bits per heavy atom. The number of methoxy groups -OCH3 is 2. The van der Waals surface area contributed by atoms with Crippen LogP contribution in [0.2, 0.25) is 0 Å². The van der Waals surface area contributed by atoms with Crippen molar-refractivity contribution in [3.8, 4) is 11.5 Å². The topological polar surface area (TPSA) is 97.8 Å². The third-order valence-corrected chi connectivity index (χ3v) is 6.62. The fraction of sp³-hybridized carbons (Fsp3) is 0.500. The molecule has 26 heavy (non-hydrogen) atoms. The third kappa shape index (κ3) is 3.76. The van der Waals surface area contributed by atoms with Crippen LogP contribution in [0.1, 0.15) is 12.8 Å². The first-order chi connectivity index (χ1) is 12.3. The molecule has 8 nitrogen and oxygen atoms in total. The van der Waals surface area contributed by atoms with E-state index in [1.165, 1.54) is 21.9 Å². The van der Waals surface area contributed by atoms with Gasteiger partial charge < -0.3 is 14.8 Å². The van der Waals surface area contributed by atoms with Crippen molar-refractivity contribution in [2.75, 3.05) is 38.9 Å². The average molecular weight is 399 g/mol. The molecule has 10 heteroatoms. The Hall–Kier alpha value is -1.91. The van der Waals surface area contributed by atoms with Crippen LogP contribution in [0.25, 0.3) is 10.2 Å². The fourth-order valence-electron chi connectivity index (χ4n) is 3.00. The van der Waals surface area contributed by atoms with E-state index in [4.69, 9.17) is 9.47 Å².